The molecular weight excluding hydrogens is 365 g/mol. The average Bonchev–Trinajstić information content (AvgIpc) is 2.64. The van der Waals surface area contributed by atoms with Gasteiger partial charge in [0.15, 0.2) is 24.0 Å². The number of nitro benzene ring substituents is 1. The summed E-state index contributed by atoms with van der Waals surface area (Å²) in [6.07, 6.45) is 1.67. The molecule has 7 nitrogen and oxygen atoms in total. The van der Waals surface area contributed by atoms with Gasteiger partial charge in [0.2, 0.25) is 0 Å². The zero-order chi connectivity index (χ0) is 19.3. The summed E-state index contributed by atoms with van der Waals surface area (Å²) in [7, 11) is 1.29. The number of nitro groups is 1. The molecule has 0 unspecified atom stereocenters. The average molecular weight is 379 g/mol. The Hall–Kier alpha value is -2.94. The molecule has 0 atom stereocenters. The van der Waals surface area contributed by atoms with E-state index in [4.69, 9.17) is 9.47 Å². The van der Waals surface area contributed by atoms with Gasteiger partial charge in [-0.3, -0.25) is 14.9 Å². The van der Waals surface area contributed by atoms with E-state index in [1.165, 1.54) is 43.1 Å². The molecule has 0 aliphatic heterocycles. The van der Waals surface area contributed by atoms with Crippen LogP contribution >= 0.6 is 11.8 Å². The van der Waals surface area contributed by atoms with Gasteiger partial charge in [0, 0.05) is 11.6 Å². The lowest BCUT2D eigenvalue weighted by Gasteiger charge is -2.07. The molecule has 0 aromatic heterocycles. The highest BCUT2D eigenvalue weighted by molar-refractivity contribution is 7.98. The summed E-state index contributed by atoms with van der Waals surface area (Å²) < 4.78 is 23.2. The largest absolute Gasteiger partial charge is 0.494 e. The molecule has 0 aliphatic carbocycles. The Morgan fingerprint density at radius 1 is 1.19 bits per heavy atom. The van der Waals surface area contributed by atoms with E-state index in [2.05, 4.69) is 0 Å². The predicted octanol–water partition coefficient (Wildman–Crippen LogP) is 3.50. The van der Waals surface area contributed by atoms with Crippen molar-refractivity contribution in [2.24, 2.45) is 0 Å². The van der Waals surface area contributed by atoms with Crippen LogP contribution in [-0.2, 0) is 4.74 Å². The van der Waals surface area contributed by atoms with Crippen LogP contribution in [0.25, 0.3) is 0 Å². The lowest BCUT2D eigenvalue weighted by Crippen LogP contribution is -2.14. The number of benzene rings is 2. The molecule has 0 radical (unpaired) electrons. The summed E-state index contributed by atoms with van der Waals surface area (Å²) >= 11 is 1.17. The number of esters is 1. The van der Waals surface area contributed by atoms with Gasteiger partial charge in [0.1, 0.15) is 0 Å². The summed E-state index contributed by atoms with van der Waals surface area (Å²) in [4.78, 5) is 34.9. The summed E-state index contributed by atoms with van der Waals surface area (Å²) in [5.41, 5.74) is -0.265. The maximum Gasteiger partial charge on any atom is 0.338 e. The molecule has 26 heavy (non-hydrogen) atoms. The Morgan fingerprint density at radius 2 is 1.88 bits per heavy atom. The first-order valence-corrected chi connectivity index (χ1v) is 8.46. The van der Waals surface area contributed by atoms with Crippen LogP contribution in [0.1, 0.15) is 20.7 Å². The molecule has 9 heteroatoms. The number of halogens is 1. The molecule has 0 aliphatic rings. The van der Waals surface area contributed by atoms with Crippen LogP contribution in [0.3, 0.4) is 0 Å². The fourth-order valence-corrected chi connectivity index (χ4v) is 2.64. The Bertz CT molecular complexity index is 870. The van der Waals surface area contributed by atoms with E-state index < -0.39 is 29.1 Å². The minimum absolute atomic E-state index is 0.0137. The van der Waals surface area contributed by atoms with E-state index in [9.17, 15) is 24.1 Å². The van der Waals surface area contributed by atoms with Gasteiger partial charge in [-0.25, -0.2) is 9.18 Å². The van der Waals surface area contributed by atoms with E-state index in [1.807, 2.05) is 0 Å². The molecular formula is C17H14FNO6S. The van der Waals surface area contributed by atoms with Gasteiger partial charge in [-0.15, -0.1) is 11.8 Å². The second-order valence-electron chi connectivity index (χ2n) is 4.99. The van der Waals surface area contributed by atoms with Gasteiger partial charge < -0.3 is 9.47 Å². The van der Waals surface area contributed by atoms with Crippen molar-refractivity contribution in [3.8, 4) is 5.75 Å². The molecule has 0 bridgehead atoms. The van der Waals surface area contributed by atoms with Crippen molar-refractivity contribution in [2.45, 2.75) is 4.90 Å². The van der Waals surface area contributed by atoms with E-state index in [0.717, 1.165) is 12.1 Å². The van der Waals surface area contributed by atoms with Crippen molar-refractivity contribution >= 4 is 29.2 Å². The zero-order valence-electron chi connectivity index (χ0n) is 13.9. The van der Waals surface area contributed by atoms with Gasteiger partial charge in [-0.1, -0.05) is 0 Å². The molecule has 0 spiro atoms. The molecule has 2 rings (SSSR count). The third kappa shape index (κ3) is 4.37. The number of carbonyl (C=O) groups is 2. The maximum absolute atomic E-state index is 13.6. The van der Waals surface area contributed by atoms with Crippen molar-refractivity contribution in [3.63, 3.8) is 0 Å². The number of hydrogen-bond donors (Lipinski definition) is 0. The lowest BCUT2D eigenvalue weighted by molar-refractivity contribution is -0.387. The summed E-state index contributed by atoms with van der Waals surface area (Å²) in [6.45, 7) is -0.622. The number of hydrogen-bond acceptors (Lipinski definition) is 7. The van der Waals surface area contributed by atoms with E-state index >= 15 is 0 Å². The van der Waals surface area contributed by atoms with Gasteiger partial charge in [0.25, 0.3) is 5.69 Å². The first-order chi connectivity index (χ1) is 12.4. The van der Waals surface area contributed by atoms with Crippen LogP contribution in [0.15, 0.2) is 41.3 Å². The SMILES string of the molecule is COc1ccc(C(=O)COC(=O)c2ccc(SC)c([N+](=O)[O-])c2)cc1F. The summed E-state index contributed by atoms with van der Waals surface area (Å²) in [5.74, 6) is -2.23. The number of ketones is 1. The zero-order valence-corrected chi connectivity index (χ0v) is 14.7. The molecule has 0 saturated carbocycles. The quantitative estimate of drug-likeness (QED) is 0.239. The van der Waals surface area contributed by atoms with Crippen LogP contribution in [0.2, 0.25) is 0 Å². The second kappa shape index (κ2) is 8.43. The highest BCUT2D eigenvalue weighted by Crippen LogP contribution is 2.28. The molecule has 0 N–H and O–H groups in total. The van der Waals surface area contributed by atoms with E-state index in [0.29, 0.717) is 4.90 Å². The van der Waals surface area contributed by atoms with Crippen LogP contribution in [0.4, 0.5) is 10.1 Å². The second-order valence-corrected chi connectivity index (χ2v) is 5.84. The van der Waals surface area contributed by atoms with Gasteiger partial charge in [-0.2, -0.15) is 0 Å². The van der Waals surface area contributed by atoms with Gasteiger partial charge >= 0.3 is 5.97 Å². The Balaban J connectivity index is 2.08. The minimum Gasteiger partial charge on any atom is -0.494 e. The molecule has 2 aromatic carbocycles. The third-order valence-electron chi connectivity index (χ3n) is 3.42. The number of methoxy groups -OCH3 is 1. The number of carbonyl (C=O) groups excluding carboxylic acids is 2. The van der Waals surface area contributed by atoms with Gasteiger partial charge in [0.05, 0.1) is 22.5 Å². The summed E-state index contributed by atoms with van der Waals surface area (Å²) in [5, 5.41) is 11.0. The van der Waals surface area contributed by atoms with E-state index in [-0.39, 0.29) is 22.6 Å². The van der Waals surface area contributed by atoms with Crippen LogP contribution in [-0.4, -0.2) is 36.6 Å². The first kappa shape index (κ1) is 19.4. The molecule has 0 amide bonds. The van der Waals surface area contributed by atoms with Crippen molar-refractivity contribution in [3.05, 3.63) is 63.5 Å². The Labute approximate surface area is 152 Å². The first-order valence-electron chi connectivity index (χ1n) is 7.23. The highest BCUT2D eigenvalue weighted by atomic mass is 32.2. The van der Waals surface area contributed by atoms with Crippen LogP contribution < -0.4 is 4.74 Å². The van der Waals surface area contributed by atoms with Crippen molar-refractivity contribution < 1.29 is 28.4 Å². The fraction of sp³-hybridized carbons (Fsp3) is 0.176. The molecule has 0 fully saturated rings. The normalized spacial score (nSPS) is 10.3. The third-order valence-corrected chi connectivity index (χ3v) is 4.20. The number of nitrogens with zero attached hydrogens (tertiary/aromatic N) is 1. The van der Waals surface area contributed by atoms with Crippen molar-refractivity contribution in [2.75, 3.05) is 20.0 Å². The van der Waals surface area contributed by atoms with E-state index in [1.54, 1.807) is 6.26 Å². The number of rotatable bonds is 7. The Kier molecular flexibility index (Phi) is 6.29. The minimum atomic E-state index is -0.886. The number of Topliss-reactive ketones (excluding diaryl/α,β-unsaturated/α-hetero) is 1. The van der Waals surface area contributed by atoms with Crippen molar-refractivity contribution in [1.29, 1.82) is 0 Å². The van der Waals surface area contributed by atoms with Gasteiger partial charge in [-0.05, 0) is 36.6 Å². The molecule has 136 valence electrons. The monoisotopic (exact) mass is 379 g/mol. The number of thioether (sulfide) groups is 1. The molecule has 2 aromatic rings. The standard InChI is InChI=1S/C17H14FNO6S/c1-24-15-5-3-10(7-12(15)18)14(20)9-25-17(21)11-4-6-16(26-2)13(8-11)19(22)23/h3-8H,9H2,1-2H3. The topological polar surface area (TPSA) is 95.7 Å². The van der Waals surface area contributed by atoms with Crippen molar-refractivity contribution in [1.82, 2.24) is 0 Å². The Morgan fingerprint density at radius 3 is 2.46 bits per heavy atom. The smallest absolute Gasteiger partial charge is 0.338 e. The molecule has 0 saturated heterocycles. The lowest BCUT2D eigenvalue weighted by atomic mass is 10.1. The highest BCUT2D eigenvalue weighted by Gasteiger charge is 2.19. The number of ether oxygens (including phenoxy) is 2. The maximum atomic E-state index is 13.6. The predicted molar refractivity (Wildman–Crippen MR) is 92.4 cm³/mol. The molecule has 0 heterocycles. The van der Waals surface area contributed by atoms with Crippen LogP contribution in [0.5, 0.6) is 5.75 Å². The summed E-state index contributed by atoms with van der Waals surface area (Å²) in [6, 6.07) is 7.50. The fourth-order valence-electron chi connectivity index (χ4n) is 2.10. The van der Waals surface area contributed by atoms with Crippen LogP contribution in [0, 0.1) is 15.9 Å².